The standard InChI is InChI=1S/C84H86BN3S/c1-52-44-57(81(8,9)10)35-42-69(52)87-71-41-30-54(62-27-23-29-76-77(62)63-26-21-22-28-75(63)89-76)45-67(71)85-68-49-65-66(84(16,17)51-83(65,14)15)50-72(68)88(70-43-36-58(82(11,12)13)46-64(70)53-24-19-18-20-25-53)74-48-61(47-73(87)78(74)85)86(59-37-31-55(32-38-59)79(2,3)4)60-39-33-56(34-40-60)80(5,6)7/h18-50H,51H2,1-17H3. The van der Waals surface area contributed by atoms with Crippen LogP contribution < -0.4 is 31.1 Å². The van der Waals surface area contributed by atoms with Crippen molar-refractivity contribution < 1.29 is 0 Å². The van der Waals surface area contributed by atoms with Gasteiger partial charge in [0.15, 0.2) is 0 Å². The second-order valence-electron chi connectivity index (χ2n) is 31.5. The molecule has 11 aromatic rings. The van der Waals surface area contributed by atoms with E-state index in [0.717, 1.165) is 23.5 Å². The highest BCUT2D eigenvalue weighted by Gasteiger charge is 2.49. The van der Waals surface area contributed by atoms with Gasteiger partial charge in [-0.3, -0.25) is 0 Å². The molecule has 0 radical (unpaired) electrons. The predicted molar refractivity (Wildman–Crippen MR) is 389 cm³/mol. The Morgan fingerprint density at radius 3 is 1.49 bits per heavy atom. The van der Waals surface area contributed by atoms with Crippen molar-refractivity contribution in [3.63, 3.8) is 0 Å². The van der Waals surface area contributed by atoms with Crippen molar-refractivity contribution in [2.24, 2.45) is 0 Å². The van der Waals surface area contributed by atoms with Crippen LogP contribution in [0.5, 0.6) is 0 Å². The van der Waals surface area contributed by atoms with Crippen LogP contribution in [0.15, 0.2) is 200 Å². The number of aryl methyl sites for hydroxylation is 1. The van der Waals surface area contributed by atoms with E-state index in [1.807, 2.05) is 11.3 Å². The van der Waals surface area contributed by atoms with Crippen molar-refractivity contribution >= 4 is 106 Å². The number of benzene rings is 10. The topological polar surface area (TPSA) is 9.72 Å². The average Bonchev–Trinajstić information content (AvgIpc) is 1.44. The van der Waals surface area contributed by atoms with Gasteiger partial charge >= 0.3 is 0 Å². The van der Waals surface area contributed by atoms with E-state index >= 15 is 0 Å². The predicted octanol–water partition coefficient (Wildman–Crippen LogP) is 22.4. The monoisotopic (exact) mass is 1180 g/mol. The van der Waals surface area contributed by atoms with Gasteiger partial charge in [-0.05, 0) is 197 Å². The number of hydrogen-bond donors (Lipinski definition) is 0. The van der Waals surface area contributed by atoms with E-state index in [1.54, 1.807) is 0 Å². The minimum atomic E-state index is -0.136. The lowest BCUT2D eigenvalue weighted by molar-refractivity contribution is 0.403. The van der Waals surface area contributed by atoms with Gasteiger partial charge in [0.1, 0.15) is 0 Å². The van der Waals surface area contributed by atoms with Gasteiger partial charge in [-0.25, -0.2) is 0 Å². The summed E-state index contributed by atoms with van der Waals surface area (Å²) in [5.41, 5.74) is 28.5. The van der Waals surface area contributed by atoms with E-state index in [-0.39, 0.29) is 39.2 Å². The van der Waals surface area contributed by atoms with Crippen molar-refractivity contribution in [2.45, 2.75) is 157 Å². The summed E-state index contributed by atoms with van der Waals surface area (Å²) in [6.07, 6.45) is 1.06. The fourth-order valence-electron chi connectivity index (χ4n) is 15.4. The summed E-state index contributed by atoms with van der Waals surface area (Å²) < 4.78 is 2.63. The Hall–Kier alpha value is -8.12. The van der Waals surface area contributed by atoms with Crippen LogP contribution in [-0.4, -0.2) is 6.71 Å². The second-order valence-corrected chi connectivity index (χ2v) is 32.6. The molecule has 0 atom stereocenters. The van der Waals surface area contributed by atoms with Crippen molar-refractivity contribution in [1.82, 2.24) is 0 Å². The lowest BCUT2D eigenvalue weighted by Gasteiger charge is -2.46. The molecule has 1 aliphatic carbocycles. The van der Waals surface area contributed by atoms with Gasteiger partial charge in [0.2, 0.25) is 0 Å². The van der Waals surface area contributed by atoms with E-state index in [2.05, 4.69) is 333 Å². The van der Waals surface area contributed by atoms with Gasteiger partial charge in [-0.15, -0.1) is 11.3 Å². The van der Waals surface area contributed by atoms with Gasteiger partial charge in [0, 0.05) is 65.5 Å². The highest BCUT2D eigenvalue weighted by atomic mass is 32.1. The number of hydrogen-bond acceptors (Lipinski definition) is 4. The van der Waals surface area contributed by atoms with Gasteiger partial charge in [0.25, 0.3) is 6.71 Å². The highest BCUT2D eigenvalue weighted by molar-refractivity contribution is 7.26. The maximum absolute atomic E-state index is 2.72. The third-order valence-corrected chi connectivity index (χ3v) is 21.1. The molecule has 0 saturated carbocycles. The Morgan fingerprint density at radius 1 is 0.393 bits per heavy atom. The molecular formula is C84H86BN3S. The Labute approximate surface area is 535 Å². The molecule has 0 bridgehead atoms. The number of nitrogens with zero attached hydrogens (tertiary/aromatic N) is 3. The van der Waals surface area contributed by atoms with Gasteiger partial charge in [-0.1, -0.05) is 232 Å². The Bertz CT molecular complexity index is 4570. The Balaban J connectivity index is 1.15. The van der Waals surface area contributed by atoms with Crippen LogP contribution in [-0.2, 0) is 32.5 Å². The molecule has 0 saturated heterocycles. The molecule has 1 aromatic heterocycles. The van der Waals surface area contributed by atoms with Crippen LogP contribution in [0.25, 0.3) is 42.4 Å². The quantitative estimate of drug-likeness (QED) is 0.147. The van der Waals surface area contributed by atoms with Gasteiger partial charge in [0.05, 0.1) is 11.4 Å². The Morgan fingerprint density at radius 2 is 0.899 bits per heavy atom. The van der Waals surface area contributed by atoms with Crippen molar-refractivity contribution in [2.75, 3.05) is 14.7 Å². The molecule has 0 amide bonds. The summed E-state index contributed by atoms with van der Waals surface area (Å²) in [5.74, 6) is 0. The minimum Gasteiger partial charge on any atom is -0.311 e. The van der Waals surface area contributed by atoms with Crippen LogP contribution in [0, 0.1) is 6.92 Å². The zero-order valence-electron chi connectivity index (χ0n) is 55.6. The minimum absolute atomic E-state index is 0.0161. The van der Waals surface area contributed by atoms with Crippen molar-refractivity contribution in [1.29, 1.82) is 0 Å². The summed E-state index contributed by atoms with van der Waals surface area (Å²) in [6, 6.07) is 78.5. The number of rotatable bonds is 7. The van der Waals surface area contributed by atoms with E-state index in [1.165, 1.54) is 132 Å². The van der Waals surface area contributed by atoms with Crippen LogP contribution >= 0.6 is 11.3 Å². The fourth-order valence-corrected chi connectivity index (χ4v) is 16.5. The summed E-state index contributed by atoms with van der Waals surface area (Å²) in [5, 5.41) is 2.64. The maximum Gasteiger partial charge on any atom is 0.252 e. The zero-order chi connectivity index (χ0) is 62.6. The van der Waals surface area contributed by atoms with Gasteiger partial charge < -0.3 is 14.7 Å². The molecule has 10 aromatic carbocycles. The van der Waals surface area contributed by atoms with E-state index in [9.17, 15) is 0 Å². The van der Waals surface area contributed by atoms with Crippen molar-refractivity contribution in [3.8, 4) is 22.3 Å². The third kappa shape index (κ3) is 9.84. The second kappa shape index (κ2) is 20.5. The molecule has 0 unspecified atom stereocenters. The molecule has 0 fully saturated rings. The smallest absolute Gasteiger partial charge is 0.252 e. The molecule has 3 aliphatic rings. The molecule has 3 heterocycles. The number of anilines is 9. The zero-order valence-corrected chi connectivity index (χ0v) is 56.4. The average molecular weight is 1180 g/mol. The van der Waals surface area contributed by atoms with E-state index < -0.39 is 0 Å². The number of fused-ring (bicyclic) bond motifs is 8. The molecule has 0 N–H and O–H groups in total. The maximum atomic E-state index is 2.72. The first-order valence-corrected chi connectivity index (χ1v) is 33.2. The molecule has 5 heteroatoms. The lowest BCUT2D eigenvalue weighted by Crippen LogP contribution is -2.61. The van der Waals surface area contributed by atoms with Crippen LogP contribution in [0.3, 0.4) is 0 Å². The SMILES string of the molecule is Cc1cc(C(C)(C)C)ccc1N1c2ccc(-c3cccc4sc5ccccc5c34)cc2B2c3cc4c(cc3N(c3ccc(C(C)(C)C)cc3-c3ccccc3)c3cc(N(c5ccc(C(C)(C)C)cc5)c5ccc(C(C)(C)C)cc5)cc1c32)C(C)(C)CC4(C)C. The summed E-state index contributed by atoms with van der Waals surface area (Å²) in [7, 11) is 0. The lowest BCUT2D eigenvalue weighted by atomic mass is 9.33. The summed E-state index contributed by atoms with van der Waals surface area (Å²) in [4.78, 5) is 7.91. The molecule has 0 spiro atoms. The largest absolute Gasteiger partial charge is 0.311 e. The van der Waals surface area contributed by atoms with Crippen LogP contribution in [0.4, 0.5) is 51.2 Å². The van der Waals surface area contributed by atoms with Crippen LogP contribution in [0.2, 0.25) is 0 Å². The molecule has 89 heavy (non-hydrogen) atoms. The summed E-state index contributed by atoms with van der Waals surface area (Å²) in [6.45, 7) is 40.0. The Kier molecular flexibility index (Phi) is 13.5. The molecule has 3 nitrogen and oxygen atoms in total. The molecule has 2 aliphatic heterocycles. The molecular weight excluding hydrogens is 1090 g/mol. The highest BCUT2D eigenvalue weighted by Crippen LogP contribution is 2.55. The summed E-state index contributed by atoms with van der Waals surface area (Å²) >= 11 is 1.90. The number of thiophene rings is 1. The third-order valence-electron chi connectivity index (χ3n) is 20.0. The normalized spacial score (nSPS) is 15.1. The first kappa shape index (κ1) is 58.6. The van der Waals surface area contributed by atoms with Crippen molar-refractivity contribution in [3.05, 3.63) is 239 Å². The first-order valence-electron chi connectivity index (χ1n) is 32.4. The van der Waals surface area contributed by atoms with E-state index in [4.69, 9.17) is 0 Å². The first-order chi connectivity index (χ1) is 42.0. The van der Waals surface area contributed by atoms with Crippen LogP contribution in [0.1, 0.15) is 156 Å². The van der Waals surface area contributed by atoms with E-state index in [0.29, 0.717) is 0 Å². The molecule has 14 rings (SSSR count). The van der Waals surface area contributed by atoms with Gasteiger partial charge in [-0.2, -0.15) is 0 Å². The molecule has 446 valence electrons. The fraction of sp³-hybridized carbons (Fsp3) is 0.286.